The quantitative estimate of drug-likeness (QED) is 0.686. The van der Waals surface area contributed by atoms with Gasteiger partial charge in [-0.1, -0.05) is 12.1 Å². The number of sulfonamides is 1. The highest BCUT2D eigenvalue weighted by Gasteiger charge is 2.31. The summed E-state index contributed by atoms with van der Waals surface area (Å²) in [5.74, 6) is 0.148. The molecule has 3 heterocycles. The fourth-order valence-corrected chi connectivity index (χ4v) is 5.52. The van der Waals surface area contributed by atoms with Crippen LogP contribution < -0.4 is 4.90 Å². The van der Waals surface area contributed by atoms with E-state index in [1.807, 2.05) is 11.4 Å². The average molecular weight is 392 g/mol. The van der Waals surface area contributed by atoms with Gasteiger partial charge in [-0.05, 0) is 30.0 Å². The summed E-state index contributed by atoms with van der Waals surface area (Å²) in [4.78, 5) is 10.4. The summed E-state index contributed by atoms with van der Waals surface area (Å²) in [6.45, 7) is 3.13. The molecule has 4 rings (SSSR count). The van der Waals surface area contributed by atoms with Crippen LogP contribution in [0.1, 0.15) is 5.56 Å². The summed E-state index contributed by atoms with van der Waals surface area (Å²) in [5.41, 5.74) is 1.21. The highest BCUT2D eigenvalue weighted by Crippen LogP contribution is 2.29. The molecule has 0 amide bonds. The lowest BCUT2D eigenvalue weighted by Crippen LogP contribution is -2.49. The monoisotopic (exact) mass is 392 g/mol. The molecule has 0 spiro atoms. The highest BCUT2D eigenvalue weighted by atomic mass is 32.2. The Balaban J connectivity index is 1.57. The third-order valence-electron chi connectivity index (χ3n) is 4.54. The van der Waals surface area contributed by atoms with Crippen LogP contribution in [0.3, 0.4) is 0 Å². The molecule has 26 heavy (non-hydrogen) atoms. The van der Waals surface area contributed by atoms with Crippen molar-refractivity contribution in [1.82, 2.24) is 14.3 Å². The van der Waals surface area contributed by atoms with Crippen molar-refractivity contribution in [3.8, 4) is 0 Å². The second-order valence-corrected chi connectivity index (χ2v) is 8.93. The maximum absolute atomic E-state index is 14.3. The lowest BCUT2D eigenvalue weighted by molar-refractivity contribution is 0.381. The van der Waals surface area contributed by atoms with Gasteiger partial charge in [0.2, 0.25) is 10.0 Å². The van der Waals surface area contributed by atoms with Gasteiger partial charge in [0.25, 0.3) is 0 Å². The number of thiophene rings is 1. The molecule has 3 aromatic rings. The van der Waals surface area contributed by atoms with E-state index < -0.39 is 15.8 Å². The number of aromatic nitrogens is 2. The van der Waals surface area contributed by atoms with E-state index in [1.54, 1.807) is 30.4 Å². The van der Waals surface area contributed by atoms with Crippen LogP contribution >= 0.6 is 11.3 Å². The number of piperazine rings is 1. The van der Waals surface area contributed by atoms with E-state index in [9.17, 15) is 12.8 Å². The Labute approximate surface area is 155 Å². The van der Waals surface area contributed by atoms with Crippen LogP contribution in [0.4, 0.5) is 10.2 Å². The molecule has 1 saturated heterocycles. The Morgan fingerprint density at radius 2 is 1.88 bits per heavy atom. The number of hydrogen-bond acceptors (Lipinski definition) is 6. The van der Waals surface area contributed by atoms with Crippen molar-refractivity contribution >= 4 is 37.4 Å². The van der Waals surface area contributed by atoms with Gasteiger partial charge in [0.1, 0.15) is 22.9 Å². The van der Waals surface area contributed by atoms with Gasteiger partial charge in [-0.3, -0.25) is 0 Å². The maximum Gasteiger partial charge on any atom is 0.246 e. The molecular weight excluding hydrogens is 375 g/mol. The van der Waals surface area contributed by atoms with E-state index in [2.05, 4.69) is 14.9 Å². The topological polar surface area (TPSA) is 66.4 Å². The maximum atomic E-state index is 14.3. The molecule has 0 saturated carbocycles. The zero-order valence-corrected chi connectivity index (χ0v) is 15.7. The first kappa shape index (κ1) is 17.3. The number of benzene rings is 1. The lowest BCUT2D eigenvalue weighted by Gasteiger charge is -2.34. The van der Waals surface area contributed by atoms with Crippen molar-refractivity contribution in [2.75, 3.05) is 31.1 Å². The van der Waals surface area contributed by atoms with Crippen LogP contribution in [0, 0.1) is 12.7 Å². The highest BCUT2D eigenvalue weighted by molar-refractivity contribution is 7.89. The first-order valence-electron chi connectivity index (χ1n) is 8.17. The van der Waals surface area contributed by atoms with Crippen LogP contribution in [0.5, 0.6) is 0 Å². The first-order chi connectivity index (χ1) is 12.5. The number of fused-ring (bicyclic) bond motifs is 1. The molecule has 0 aliphatic carbocycles. The molecular formula is C17H17FN4O2S2. The Kier molecular flexibility index (Phi) is 4.37. The standard InChI is InChI=1S/C17H17FN4O2S2/c1-12-3-2-4-14(15(12)18)26(23,24)22-8-6-21(7-9-22)17-16-13(5-10-25-16)19-11-20-17/h2-5,10-11H,6-9H2,1H3. The number of nitrogens with zero attached hydrogens (tertiary/aromatic N) is 4. The van der Waals surface area contributed by atoms with Crippen molar-refractivity contribution in [2.24, 2.45) is 0 Å². The fraction of sp³-hybridized carbons (Fsp3) is 0.294. The van der Waals surface area contributed by atoms with E-state index in [-0.39, 0.29) is 18.0 Å². The number of aryl methyl sites for hydroxylation is 1. The van der Waals surface area contributed by atoms with Crippen molar-refractivity contribution in [2.45, 2.75) is 11.8 Å². The molecule has 0 unspecified atom stereocenters. The minimum absolute atomic E-state index is 0.256. The summed E-state index contributed by atoms with van der Waals surface area (Å²) in [6.07, 6.45) is 1.52. The second-order valence-electron chi connectivity index (χ2n) is 6.11. The average Bonchev–Trinajstić information content (AvgIpc) is 3.13. The summed E-state index contributed by atoms with van der Waals surface area (Å²) in [7, 11) is -3.85. The van der Waals surface area contributed by atoms with Gasteiger partial charge < -0.3 is 4.90 Å². The largest absolute Gasteiger partial charge is 0.353 e. The van der Waals surface area contributed by atoms with E-state index in [0.29, 0.717) is 18.7 Å². The Bertz CT molecular complexity index is 1060. The predicted octanol–water partition coefficient (Wildman–Crippen LogP) is 2.65. The molecule has 0 N–H and O–H groups in total. The van der Waals surface area contributed by atoms with Crippen LogP contribution in [0.2, 0.25) is 0 Å². The van der Waals surface area contributed by atoms with E-state index >= 15 is 0 Å². The van der Waals surface area contributed by atoms with Crippen LogP contribution in [0.15, 0.2) is 40.9 Å². The Morgan fingerprint density at radius 1 is 1.12 bits per heavy atom. The molecule has 0 bridgehead atoms. The summed E-state index contributed by atoms with van der Waals surface area (Å²) in [5, 5.41) is 1.96. The normalized spacial score (nSPS) is 16.3. The minimum atomic E-state index is -3.85. The van der Waals surface area contributed by atoms with Gasteiger partial charge in [-0.15, -0.1) is 11.3 Å². The van der Waals surface area contributed by atoms with Crippen molar-refractivity contribution in [3.63, 3.8) is 0 Å². The van der Waals surface area contributed by atoms with Gasteiger partial charge in [0, 0.05) is 26.2 Å². The molecule has 0 atom stereocenters. The summed E-state index contributed by atoms with van der Waals surface area (Å²) < 4.78 is 42.3. The third-order valence-corrected chi connectivity index (χ3v) is 7.35. The molecule has 9 heteroatoms. The van der Waals surface area contributed by atoms with Crippen LogP contribution in [-0.2, 0) is 10.0 Å². The minimum Gasteiger partial charge on any atom is -0.353 e. The molecule has 1 fully saturated rings. The SMILES string of the molecule is Cc1cccc(S(=O)(=O)N2CCN(c3ncnc4ccsc34)CC2)c1F. The molecule has 1 aromatic carbocycles. The van der Waals surface area contributed by atoms with Gasteiger partial charge in [-0.2, -0.15) is 4.31 Å². The molecule has 1 aliphatic heterocycles. The second kappa shape index (κ2) is 6.57. The van der Waals surface area contributed by atoms with Gasteiger partial charge >= 0.3 is 0 Å². The molecule has 6 nitrogen and oxygen atoms in total. The summed E-state index contributed by atoms with van der Waals surface area (Å²) in [6, 6.07) is 6.39. The lowest BCUT2D eigenvalue weighted by atomic mass is 10.2. The number of hydrogen-bond donors (Lipinski definition) is 0. The predicted molar refractivity (Wildman–Crippen MR) is 99.5 cm³/mol. The van der Waals surface area contributed by atoms with Crippen molar-refractivity contribution in [3.05, 3.63) is 47.4 Å². The fourth-order valence-electron chi connectivity index (χ4n) is 3.10. The van der Waals surface area contributed by atoms with Crippen molar-refractivity contribution < 1.29 is 12.8 Å². The molecule has 1 aliphatic rings. The van der Waals surface area contributed by atoms with Crippen molar-refractivity contribution in [1.29, 1.82) is 0 Å². The van der Waals surface area contributed by atoms with Crippen LogP contribution in [0.25, 0.3) is 10.2 Å². The zero-order chi connectivity index (χ0) is 18.3. The molecule has 136 valence electrons. The van der Waals surface area contributed by atoms with Gasteiger partial charge in [0.15, 0.2) is 0 Å². The molecule has 2 aromatic heterocycles. The van der Waals surface area contributed by atoms with E-state index in [4.69, 9.17) is 0 Å². The smallest absolute Gasteiger partial charge is 0.246 e. The van der Waals surface area contributed by atoms with Crippen LogP contribution in [-0.4, -0.2) is 48.9 Å². The Morgan fingerprint density at radius 3 is 2.65 bits per heavy atom. The van der Waals surface area contributed by atoms with Gasteiger partial charge in [-0.25, -0.2) is 22.8 Å². The molecule has 0 radical (unpaired) electrons. The first-order valence-corrected chi connectivity index (χ1v) is 10.5. The number of rotatable bonds is 3. The van der Waals surface area contributed by atoms with Gasteiger partial charge in [0.05, 0.1) is 10.2 Å². The zero-order valence-electron chi connectivity index (χ0n) is 14.1. The van der Waals surface area contributed by atoms with E-state index in [1.165, 1.54) is 16.7 Å². The third kappa shape index (κ3) is 2.85. The summed E-state index contributed by atoms with van der Waals surface area (Å²) >= 11 is 1.57. The Hall–Kier alpha value is -2.10. The number of halogens is 1. The number of anilines is 1. The van der Waals surface area contributed by atoms with E-state index in [0.717, 1.165) is 16.0 Å².